The zero-order valence-electron chi connectivity index (χ0n) is 9.21. The van der Waals surface area contributed by atoms with Crippen molar-refractivity contribution in [3.63, 3.8) is 0 Å². The minimum Gasteiger partial charge on any atom is -0.329 e. The third-order valence-electron chi connectivity index (χ3n) is 2.44. The summed E-state index contributed by atoms with van der Waals surface area (Å²) in [5.74, 6) is 0. The zero-order valence-corrected chi connectivity index (χ0v) is 10.0. The van der Waals surface area contributed by atoms with Gasteiger partial charge in [0, 0.05) is 24.0 Å². The minimum absolute atomic E-state index is 0.163. The van der Waals surface area contributed by atoms with Crippen molar-refractivity contribution in [3.05, 3.63) is 21.9 Å². The molecule has 0 aliphatic heterocycles. The molecule has 0 spiro atoms. The Bertz CT molecular complexity index is 335. The Morgan fingerprint density at radius 3 is 2.50 bits per heavy atom. The SMILES string of the molecule is CC(CN)N(C)Cc1ccc(C(F)(F)F)s1. The van der Waals surface area contributed by atoms with E-state index in [0.717, 1.165) is 17.4 Å². The van der Waals surface area contributed by atoms with Gasteiger partial charge in [-0.05, 0) is 26.1 Å². The van der Waals surface area contributed by atoms with E-state index >= 15 is 0 Å². The van der Waals surface area contributed by atoms with Gasteiger partial charge in [-0.25, -0.2) is 0 Å². The second-order valence-corrected chi connectivity index (χ2v) is 4.93. The molecule has 0 fully saturated rings. The third kappa shape index (κ3) is 3.47. The highest BCUT2D eigenvalue weighted by Crippen LogP contribution is 2.34. The molecule has 0 aromatic carbocycles. The van der Waals surface area contributed by atoms with Crippen molar-refractivity contribution in [1.82, 2.24) is 4.90 Å². The molecule has 1 unspecified atom stereocenters. The number of nitrogens with zero attached hydrogens (tertiary/aromatic N) is 1. The Hall–Kier alpha value is -0.590. The van der Waals surface area contributed by atoms with E-state index in [9.17, 15) is 13.2 Å². The lowest BCUT2D eigenvalue weighted by atomic mass is 10.3. The number of thiophene rings is 1. The number of halogens is 3. The molecular weight excluding hydrogens is 237 g/mol. The number of hydrogen-bond acceptors (Lipinski definition) is 3. The monoisotopic (exact) mass is 252 g/mol. The molecule has 0 aliphatic rings. The molecule has 2 nitrogen and oxygen atoms in total. The maximum Gasteiger partial charge on any atom is 0.425 e. The lowest BCUT2D eigenvalue weighted by Gasteiger charge is -2.22. The van der Waals surface area contributed by atoms with Gasteiger partial charge in [0.25, 0.3) is 0 Å². The highest BCUT2D eigenvalue weighted by molar-refractivity contribution is 7.12. The van der Waals surface area contributed by atoms with Crippen LogP contribution in [0.25, 0.3) is 0 Å². The topological polar surface area (TPSA) is 29.3 Å². The van der Waals surface area contributed by atoms with Crippen molar-refractivity contribution in [3.8, 4) is 0 Å². The maximum absolute atomic E-state index is 12.3. The summed E-state index contributed by atoms with van der Waals surface area (Å²) in [6, 6.07) is 2.81. The van der Waals surface area contributed by atoms with E-state index in [0.29, 0.717) is 18.0 Å². The molecule has 6 heteroatoms. The van der Waals surface area contributed by atoms with Crippen LogP contribution in [0, 0.1) is 0 Å². The number of rotatable bonds is 4. The van der Waals surface area contributed by atoms with E-state index in [4.69, 9.17) is 5.73 Å². The summed E-state index contributed by atoms with van der Waals surface area (Å²) in [6.07, 6.45) is -4.24. The van der Waals surface area contributed by atoms with Crippen LogP contribution >= 0.6 is 11.3 Å². The van der Waals surface area contributed by atoms with E-state index in [1.54, 1.807) is 0 Å². The lowest BCUT2D eigenvalue weighted by Crippen LogP contribution is -2.34. The highest BCUT2D eigenvalue weighted by atomic mass is 32.1. The molecule has 0 amide bonds. The number of alkyl halides is 3. The fourth-order valence-electron chi connectivity index (χ4n) is 1.20. The molecule has 1 heterocycles. The van der Waals surface area contributed by atoms with Crippen molar-refractivity contribution < 1.29 is 13.2 Å². The van der Waals surface area contributed by atoms with Crippen LogP contribution in [0.15, 0.2) is 12.1 Å². The average Bonchev–Trinajstić information content (AvgIpc) is 2.64. The van der Waals surface area contributed by atoms with Gasteiger partial charge < -0.3 is 5.73 Å². The molecule has 16 heavy (non-hydrogen) atoms. The molecule has 0 aliphatic carbocycles. The molecule has 0 bridgehead atoms. The van der Waals surface area contributed by atoms with Gasteiger partial charge in [-0.1, -0.05) is 0 Å². The van der Waals surface area contributed by atoms with Gasteiger partial charge in [-0.3, -0.25) is 4.90 Å². The van der Waals surface area contributed by atoms with Gasteiger partial charge >= 0.3 is 6.18 Å². The Morgan fingerprint density at radius 1 is 1.44 bits per heavy atom. The number of nitrogens with two attached hydrogens (primary N) is 1. The van der Waals surface area contributed by atoms with Gasteiger partial charge in [0.1, 0.15) is 4.88 Å². The van der Waals surface area contributed by atoms with Gasteiger partial charge in [0.2, 0.25) is 0 Å². The van der Waals surface area contributed by atoms with Crippen LogP contribution in [0.3, 0.4) is 0 Å². The van der Waals surface area contributed by atoms with Crippen molar-refractivity contribution >= 4 is 11.3 Å². The van der Waals surface area contributed by atoms with E-state index in [-0.39, 0.29) is 6.04 Å². The van der Waals surface area contributed by atoms with Crippen LogP contribution in [0.5, 0.6) is 0 Å². The number of likely N-dealkylation sites (N-methyl/N-ethyl adjacent to an activating group) is 1. The van der Waals surface area contributed by atoms with Crippen molar-refractivity contribution in [2.45, 2.75) is 25.7 Å². The van der Waals surface area contributed by atoms with Crippen LogP contribution in [-0.2, 0) is 12.7 Å². The van der Waals surface area contributed by atoms with Crippen molar-refractivity contribution in [1.29, 1.82) is 0 Å². The van der Waals surface area contributed by atoms with E-state index in [1.165, 1.54) is 6.07 Å². The first-order valence-electron chi connectivity index (χ1n) is 4.90. The maximum atomic E-state index is 12.3. The summed E-state index contributed by atoms with van der Waals surface area (Å²) in [5.41, 5.74) is 5.48. The minimum atomic E-state index is -4.24. The summed E-state index contributed by atoms with van der Waals surface area (Å²) in [4.78, 5) is 2.10. The van der Waals surface area contributed by atoms with Crippen LogP contribution in [0.1, 0.15) is 16.7 Å². The lowest BCUT2D eigenvalue weighted by molar-refractivity contribution is -0.134. The van der Waals surface area contributed by atoms with Crippen molar-refractivity contribution in [2.24, 2.45) is 5.73 Å². The Balaban J connectivity index is 2.66. The van der Waals surface area contributed by atoms with Gasteiger partial charge in [0.15, 0.2) is 0 Å². The summed E-state index contributed by atoms with van der Waals surface area (Å²) >= 11 is 0.789. The molecule has 0 saturated heterocycles. The van der Waals surface area contributed by atoms with Crippen LogP contribution in [0.4, 0.5) is 13.2 Å². The zero-order chi connectivity index (χ0) is 12.3. The third-order valence-corrected chi connectivity index (χ3v) is 3.55. The molecule has 2 N–H and O–H groups in total. The van der Waals surface area contributed by atoms with Gasteiger partial charge in [-0.2, -0.15) is 13.2 Å². The Morgan fingerprint density at radius 2 is 2.06 bits per heavy atom. The summed E-state index contributed by atoms with van der Waals surface area (Å²) < 4.78 is 37.0. The first kappa shape index (κ1) is 13.5. The van der Waals surface area contributed by atoms with Crippen LogP contribution < -0.4 is 5.73 Å². The Kier molecular flexibility index (Phi) is 4.35. The quantitative estimate of drug-likeness (QED) is 0.892. The van der Waals surface area contributed by atoms with E-state index in [1.807, 2.05) is 18.9 Å². The van der Waals surface area contributed by atoms with E-state index < -0.39 is 11.1 Å². The molecule has 1 aromatic heterocycles. The first-order chi connectivity index (χ1) is 7.34. The highest BCUT2D eigenvalue weighted by Gasteiger charge is 2.32. The van der Waals surface area contributed by atoms with Gasteiger partial charge in [-0.15, -0.1) is 11.3 Å². The summed E-state index contributed by atoms with van der Waals surface area (Å²) in [6.45, 7) is 2.94. The smallest absolute Gasteiger partial charge is 0.329 e. The second-order valence-electron chi connectivity index (χ2n) is 3.76. The molecule has 1 atom stereocenters. The molecule has 0 radical (unpaired) electrons. The predicted octanol–water partition coefficient (Wildman–Crippen LogP) is 2.55. The average molecular weight is 252 g/mol. The van der Waals surface area contributed by atoms with Gasteiger partial charge in [0.05, 0.1) is 0 Å². The first-order valence-corrected chi connectivity index (χ1v) is 5.72. The van der Waals surface area contributed by atoms with E-state index in [2.05, 4.69) is 0 Å². The molecule has 0 saturated carbocycles. The van der Waals surface area contributed by atoms with Crippen LogP contribution in [-0.4, -0.2) is 24.5 Å². The largest absolute Gasteiger partial charge is 0.425 e. The predicted molar refractivity (Wildman–Crippen MR) is 59.3 cm³/mol. The molecule has 92 valence electrons. The van der Waals surface area contributed by atoms with Crippen LogP contribution in [0.2, 0.25) is 0 Å². The summed E-state index contributed by atoms with van der Waals surface area (Å²) in [5, 5.41) is 0. The fourth-order valence-corrected chi connectivity index (χ4v) is 2.14. The Labute approximate surface area is 96.9 Å². The molecule has 1 aromatic rings. The summed E-state index contributed by atoms with van der Waals surface area (Å²) in [7, 11) is 1.85. The fraction of sp³-hybridized carbons (Fsp3) is 0.600. The standard InChI is InChI=1S/C10H15F3N2S/c1-7(5-14)15(2)6-8-3-4-9(16-8)10(11,12)13/h3-4,7H,5-6,14H2,1-2H3. The number of hydrogen-bond donors (Lipinski definition) is 1. The normalized spacial score (nSPS) is 14.4. The second kappa shape index (κ2) is 5.16. The van der Waals surface area contributed by atoms with Crippen molar-refractivity contribution in [2.75, 3.05) is 13.6 Å². The molecular formula is C10H15F3N2S. The molecule has 1 rings (SSSR count).